The van der Waals surface area contributed by atoms with Crippen molar-refractivity contribution in [2.45, 2.75) is 108 Å². The molecule has 0 saturated heterocycles. The lowest BCUT2D eigenvalue weighted by Gasteiger charge is -2.36. The Morgan fingerprint density at radius 2 is 1.23 bits per heavy atom. The summed E-state index contributed by atoms with van der Waals surface area (Å²) in [6.07, 6.45) is 24.5. The second kappa shape index (κ2) is 10.4. The molecule has 0 aromatic carbocycles. The minimum Gasteiger partial charge on any atom is -0.385 e. The number of pyridine rings is 1. The Morgan fingerprint density at radius 1 is 0.769 bits per heavy atom. The van der Waals surface area contributed by atoms with E-state index in [9.17, 15) is 5.11 Å². The predicted octanol–water partition coefficient (Wildman–Crippen LogP) is 6.77. The zero-order valence-electron chi connectivity index (χ0n) is 16.7. The maximum atomic E-state index is 11.9. The summed E-state index contributed by atoms with van der Waals surface area (Å²) < 4.78 is 0. The van der Waals surface area contributed by atoms with Crippen LogP contribution >= 0.6 is 0 Å². The van der Waals surface area contributed by atoms with Crippen LogP contribution in [0.1, 0.15) is 108 Å². The first-order valence-electron chi connectivity index (χ1n) is 11.4. The topological polar surface area (TPSA) is 33.1 Å². The molecule has 2 nitrogen and oxygen atoms in total. The molecule has 2 fully saturated rings. The maximum Gasteiger partial charge on any atom is 0.0916 e. The van der Waals surface area contributed by atoms with Crippen molar-refractivity contribution in [1.29, 1.82) is 0 Å². The van der Waals surface area contributed by atoms with Gasteiger partial charge >= 0.3 is 0 Å². The lowest BCUT2D eigenvalue weighted by molar-refractivity contribution is -0.0189. The van der Waals surface area contributed by atoms with Gasteiger partial charge < -0.3 is 5.11 Å². The van der Waals surface area contributed by atoms with Crippen LogP contribution in [0.3, 0.4) is 0 Å². The number of aromatic nitrogens is 1. The van der Waals surface area contributed by atoms with Crippen molar-refractivity contribution in [1.82, 2.24) is 4.98 Å². The van der Waals surface area contributed by atoms with Crippen molar-refractivity contribution in [3.8, 4) is 0 Å². The van der Waals surface area contributed by atoms with Crippen molar-refractivity contribution in [2.24, 2.45) is 11.8 Å². The van der Waals surface area contributed by atoms with Gasteiger partial charge in [0.05, 0.1) is 5.60 Å². The second-order valence-electron chi connectivity index (χ2n) is 9.10. The van der Waals surface area contributed by atoms with E-state index in [1.807, 2.05) is 18.5 Å². The Balaban J connectivity index is 1.72. The summed E-state index contributed by atoms with van der Waals surface area (Å²) in [6.45, 7) is 0. The highest BCUT2D eigenvalue weighted by Gasteiger charge is 2.35. The zero-order valence-corrected chi connectivity index (χ0v) is 16.7. The Bertz CT molecular complexity index is 460. The van der Waals surface area contributed by atoms with Crippen molar-refractivity contribution in [3.05, 3.63) is 30.1 Å². The SMILES string of the molecule is OC(CC1CCCCCCC1)(CC1CCCCCCC1)c1cccnc1. The van der Waals surface area contributed by atoms with Gasteiger partial charge in [-0.05, 0) is 30.7 Å². The van der Waals surface area contributed by atoms with Crippen LogP contribution in [0.25, 0.3) is 0 Å². The Kier molecular flexibility index (Phi) is 7.98. The van der Waals surface area contributed by atoms with Crippen molar-refractivity contribution in [2.75, 3.05) is 0 Å². The van der Waals surface area contributed by atoms with Crippen LogP contribution in [0.5, 0.6) is 0 Å². The van der Waals surface area contributed by atoms with Gasteiger partial charge in [-0.25, -0.2) is 0 Å². The van der Waals surface area contributed by atoms with E-state index >= 15 is 0 Å². The molecule has 3 rings (SSSR count). The molecule has 2 aliphatic rings. The number of hydrogen-bond donors (Lipinski definition) is 1. The average molecular weight is 358 g/mol. The van der Waals surface area contributed by atoms with Gasteiger partial charge in [0.15, 0.2) is 0 Å². The molecule has 0 aliphatic heterocycles. The molecule has 1 N–H and O–H groups in total. The fourth-order valence-electron chi connectivity index (χ4n) is 5.40. The summed E-state index contributed by atoms with van der Waals surface area (Å²) in [4.78, 5) is 4.34. The number of aliphatic hydroxyl groups is 1. The number of hydrogen-bond acceptors (Lipinski definition) is 2. The fourth-order valence-corrected chi connectivity index (χ4v) is 5.40. The molecule has 0 radical (unpaired) electrons. The summed E-state index contributed by atoms with van der Waals surface area (Å²) in [5.41, 5.74) is 0.381. The van der Waals surface area contributed by atoms with Gasteiger partial charge in [-0.3, -0.25) is 4.98 Å². The van der Waals surface area contributed by atoms with E-state index in [1.165, 1.54) is 89.9 Å². The highest BCUT2D eigenvalue weighted by atomic mass is 16.3. The van der Waals surface area contributed by atoms with Crippen LogP contribution in [0.15, 0.2) is 24.5 Å². The maximum absolute atomic E-state index is 11.9. The smallest absolute Gasteiger partial charge is 0.0916 e. The summed E-state index contributed by atoms with van der Waals surface area (Å²) in [5, 5.41) is 11.9. The minimum atomic E-state index is -0.679. The molecule has 146 valence electrons. The fraction of sp³-hybridized carbons (Fsp3) is 0.792. The van der Waals surface area contributed by atoms with Gasteiger partial charge in [0.25, 0.3) is 0 Å². The Labute approximate surface area is 160 Å². The third kappa shape index (κ3) is 6.08. The Hall–Kier alpha value is -0.890. The normalized spacial score (nSPS) is 22.2. The zero-order chi connectivity index (χ0) is 18.1. The molecule has 0 spiro atoms. The average Bonchev–Trinajstić information content (AvgIpc) is 2.60. The van der Waals surface area contributed by atoms with Crippen LogP contribution in [-0.4, -0.2) is 10.1 Å². The highest BCUT2D eigenvalue weighted by Crippen LogP contribution is 2.41. The summed E-state index contributed by atoms with van der Waals surface area (Å²) in [5.74, 6) is 1.35. The van der Waals surface area contributed by atoms with E-state index in [1.54, 1.807) is 0 Å². The molecule has 0 bridgehead atoms. The summed E-state index contributed by atoms with van der Waals surface area (Å²) >= 11 is 0. The largest absolute Gasteiger partial charge is 0.385 e. The lowest BCUT2D eigenvalue weighted by Crippen LogP contribution is -2.32. The minimum absolute atomic E-state index is 0.675. The molecule has 1 aromatic heterocycles. The van der Waals surface area contributed by atoms with Crippen LogP contribution in [0.2, 0.25) is 0 Å². The lowest BCUT2D eigenvalue weighted by atomic mass is 9.73. The first kappa shape index (κ1) is 19.9. The van der Waals surface area contributed by atoms with E-state index < -0.39 is 5.60 Å². The molecule has 0 amide bonds. The van der Waals surface area contributed by atoms with E-state index in [0.717, 1.165) is 18.4 Å². The Morgan fingerprint density at radius 3 is 1.65 bits per heavy atom. The number of nitrogens with zero attached hydrogens (tertiary/aromatic N) is 1. The van der Waals surface area contributed by atoms with Gasteiger partial charge in [-0.1, -0.05) is 96.0 Å². The van der Waals surface area contributed by atoms with Crippen LogP contribution in [0, 0.1) is 11.8 Å². The highest BCUT2D eigenvalue weighted by molar-refractivity contribution is 5.18. The third-order valence-corrected chi connectivity index (χ3v) is 6.90. The van der Waals surface area contributed by atoms with Gasteiger partial charge in [0.2, 0.25) is 0 Å². The van der Waals surface area contributed by atoms with Gasteiger partial charge in [-0.15, -0.1) is 0 Å². The second-order valence-corrected chi connectivity index (χ2v) is 9.10. The molecule has 2 heteroatoms. The van der Waals surface area contributed by atoms with E-state index in [0.29, 0.717) is 11.8 Å². The first-order valence-corrected chi connectivity index (χ1v) is 11.4. The molecular weight excluding hydrogens is 318 g/mol. The molecule has 26 heavy (non-hydrogen) atoms. The van der Waals surface area contributed by atoms with Crippen molar-refractivity contribution < 1.29 is 5.11 Å². The van der Waals surface area contributed by atoms with Gasteiger partial charge in [0, 0.05) is 18.0 Å². The van der Waals surface area contributed by atoms with Crippen LogP contribution in [0.4, 0.5) is 0 Å². The molecule has 1 aromatic rings. The molecule has 0 unspecified atom stereocenters. The third-order valence-electron chi connectivity index (χ3n) is 6.90. The molecule has 1 heterocycles. The van der Waals surface area contributed by atoms with Gasteiger partial charge in [0.1, 0.15) is 0 Å². The van der Waals surface area contributed by atoms with Crippen LogP contribution in [-0.2, 0) is 5.60 Å². The molecule has 2 aliphatic carbocycles. The summed E-state index contributed by atoms with van der Waals surface area (Å²) in [7, 11) is 0. The molecule has 0 atom stereocenters. The van der Waals surface area contributed by atoms with Gasteiger partial charge in [-0.2, -0.15) is 0 Å². The summed E-state index contributed by atoms with van der Waals surface area (Å²) in [6, 6.07) is 4.11. The van der Waals surface area contributed by atoms with E-state index in [-0.39, 0.29) is 0 Å². The molecule has 2 saturated carbocycles. The molecular formula is C24H39NO. The standard InChI is InChI=1S/C24H39NO/c26-24(23-16-11-17-25-20-23,18-21-12-7-3-1-4-8-13-21)19-22-14-9-5-2-6-10-15-22/h11,16-17,20-22,26H,1-10,12-15,18-19H2. The van der Waals surface area contributed by atoms with E-state index in [4.69, 9.17) is 0 Å². The number of rotatable bonds is 5. The van der Waals surface area contributed by atoms with Crippen LogP contribution < -0.4 is 0 Å². The monoisotopic (exact) mass is 357 g/mol. The van der Waals surface area contributed by atoms with E-state index in [2.05, 4.69) is 11.1 Å². The quantitative estimate of drug-likeness (QED) is 0.630. The predicted molar refractivity (Wildman–Crippen MR) is 109 cm³/mol. The van der Waals surface area contributed by atoms with Crippen molar-refractivity contribution in [3.63, 3.8) is 0 Å². The van der Waals surface area contributed by atoms with Crippen molar-refractivity contribution >= 4 is 0 Å². The first-order chi connectivity index (χ1) is 12.8.